The van der Waals surface area contributed by atoms with Crippen LogP contribution in [-0.4, -0.2) is 19.5 Å². The van der Waals surface area contributed by atoms with Gasteiger partial charge in [-0.05, 0) is 92.2 Å². The summed E-state index contributed by atoms with van der Waals surface area (Å²) in [5.41, 5.74) is 18.4. The van der Waals surface area contributed by atoms with Crippen LogP contribution >= 0.6 is 0 Å². The summed E-state index contributed by atoms with van der Waals surface area (Å²) in [7, 11) is 0. The standard InChI is InChI=1S/C45H38N3O.C15H16N.Ir/c1-26(2)33-23-29(28-15-8-7-9-16-28)24-34(27(3)4)41(33)48-39-22-13-12-21-38(39)46-43(48)32-19-14-18-30-35-25-37-40(47-44(35)49-42(30)32)31-17-10-11-20-36(31)45(37,5)6;1-15(2,3)13-9-10-14(16-11-13)12-7-5-4-6-8-12;/h7-18,20-27H,1-6H3;4-7,9-11H,1-3H3;/q2*-1;. The average molecular weight is 1040 g/mol. The first-order valence-corrected chi connectivity index (χ1v) is 22.8. The van der Waals surface area contributed by atoms with Gasteiger partial charge >= 0.3 is 0 Å². The molecule has 4 heterocycles. The second-order valence-corrected chi connectivity index (χ2v) is 19.5. The molecular weight excluding hydrogens is 985 g/mol. The van der Waals surface area contributed by atoms with E-state index in [1.54, 1.807) is 0 Å². The number of hydrogen-bond acceptors (Lipinski definition) is 4. The number of rotatable bonds is 6. The van der Waals surface area contributed by atoms with Gasteiger partial charge in [-0.2, -0.15) is 0 Å². The number of nitrogens with zero attached hydrogens (tertiary/aromatic N) is 4. The molecule has 1 aliphatic carbocycles. The van der Waals surface area contributed by atoms with E-state index in [0.717, 1.165) is 55.7 Å². The number of aromatic nitrogens is 4. The van der Waals surface area contributed by atoms with Crippen molar-refractivity contribution in [1.82, 2.24) is 19.5 Å². The number of hydrogen-bond donors (Lipinski definition) is 0. The molecule has 10 aromatic rings. The number of imidazole rings is 1. The zero-order valence-electron chi connectivity index (χ0n) is 39.1. The molecule has 0 bridgehead atoms. The Morgan fingerprint density at radius 1 is 0.652 bits per heavy atom. The molecule has 5 nitrogen and oxygen atoms in total. The van der Waals surface area contributed by atoms with Crippen molar-refractivity contribution in [2.75, 3.05) is 0 Å². The monoisotopic (exact) mass is 1040 g/mol. The van der Waals surface area contributed by atoms with Gasteiger partial charge in [0.1, 0.15) is 0 Å². The van der Waals surface area contributed by atoms with Crippen molar-refractivity contribution in [1.29, 1.82) is 0 Å². The Balaban J connectivity index is 0.000000273. The summed E-state index contributed by atoms with van der Waals surface area (Å²) in [6.07, 6.45) is 1.95. The van der Waals surface area contributed by atoms with Crippen LogP contribution < -0.4 is 0 Å². The Hall–Kier alpha value is -6.46. The summed E-state index contributed by atoms with van der Waals surface area (Å²) in [6.45, 7) is 20.3. The van der Waals surface area contributed by atoms with Crippen molar-refractivity contribution in [3.05, 3.63) is 192 Å². The van der Waals surface area contributed by atoms with Crippen LogP contribution in [0.3, 0.4) is 0 Å². The third-order valence-electron chi connectivity index (χ3n) is 13.1. The van der Waals surface area contributed by atoms with Crippen molar-refractivity contribution in [3.63, 3.8) is 0 Å². The number of para-hydroxylation sites is 2. The van der Waals surface area contributed by atoms with Crippen molar-refractivity contribution in [3.8, 4) is 50.7 Å². The Morgan fingerprint density at radius 2 is 1.35 bits per heavy atom. The molecule has 0 amide bonds. The van der Waals surface area contributed by atoms with Gasteiger partial charge in [0.25, 0.3) is 0 Å². The average Bonchev–Trinajstić information content (AvgIpc) is 3.96. The molecule has 0 N–H and O–H groups in total. The van der Waals surface area contributed by atoms with E-state index in [1.807, 2.05) is 36.5 Å². The zero-order valence-corrected chi connectivity index (χ0v) is 41.5. The Bertz CT molecular complexity index is 3340. The van der Waals surface area contributed by atoms with Gasteiger partial charge in [0.15, 0.2) is 0 Å². The third-order valence-corrected chi connectivity index (χ3v) is 13.1. The molecule has 331 valence electrons. The Morgan fingerprint density at radius 3 is 2.03 bits per heavy atom. The van der Waals surface area contributed by atoms with E-state index in [1.165, 1.54) is 50.2 Å². The molecule has 11 rings (SSSR count). The van der Waals surface area contributed by atoms with Crippen LogP contribution in [0.5, 0.6) is 0 Å². The largest absolute Gasteiger partial charge is 0.486 e. The summed E-state index contributed by atoms with van der Waals surface area (Å²) in [5.74, 6) is 1.36. The molecule has 0 spiro atoms. The van der Waals surface area contributed by atoms with Gasteiger partial charge in [-0.3, -0.25) is 4.98 Å². The zero-order chi connectivity index (χ0) is 45.2. The van der Waals surface area contributed by atoms with Crippen LogP contribution in [0.1, 0.15) is 102 Å². The van der Waals surface area contributed by atoms with Gasteiger partial charge in [-0.1, -0.05) is 152 Å². The fraction of sp³-hybridized carbons (Fsp3) is 0.217. The molecular formula is C60H54IrN4O-2. The van der Waals surface area contributed by atoms with Gasteiger partial charge in [-0.15, -0.1) is 54.1 Å². The SMILES string of the molecule is CC(C)(C)c1ccc(-c2[c-]cccc2)nc1.CC(C)c1cc(-c2ccccc2)cc(C(C)C)c1-n1c(-c2[c-]ccc3c2oc2nc4c(cc23)C(C)(C)c2ccccc2-4)nc2ccccc21.[Ir]. The summed E-state index contributed by atoms with van der Waals surface area (Å²) >= 11 is 0. The fourth-order valence-electron chi connectivity index (χ4n) is 9.48. The maximum Gasteiger partial charge on any atom is 0.216 e. The molecule has 0 fully saturated rings. The number of benzene rings is 6. The molecule has 0 atom stereocenters. The first-order chi connectivity index (χ1) is 31.3. The van der Waals surface area contributed by atoms with Crippen molar-refractivity contribution in [2.24, 2.45) is 0 Å². The van der Waals surface area contributed by atoms with E-state index in [2.05, 4.69) is 199 Å². The van der Waals surface area contributed by atoms with E-state index < -0.39 is 0 Å². The van der Waals surface area contributed by atoms with Gasteiger partial charge in [0.05, 0.1) is 28.1 Å². The van der Waals surface area contributed by atoms with Gasteiger partial charge in [0.2, 0.25) is 5.71 Å². The fourth-order valence-corrected chi connectivity index (χ4v) is 9.48. The predicted octanol–water partition coefficient (Wildman–Crippen LogP) is 15.9. The number of furan rings is 1. The summed E-state index contributed by atoms with van der Waals surface area (Å²) in [4.78, 5) is 15.0. The number of pyridine rings is 2. The molecule has 0 saturated carbocycles. The van der Waals surface area contributed by atoms with Crippen LogP contribution in [0, 0.1) is 12.1 Å². The Kier molecular flexibility index (Phi) is 11.8. The van der Waals surface area contributed by atoms with Crippen LogP contribution in [0.15, 0.2) is 156 Å². The minimum Gasteiger partial charge on any atom is -0.486 e. The molecule has 0 unspecified atom stereocenters. The molecule has 1 aliphatic rings. The first-order valence-electron chi connectivity index (χ1n) is 22.8. The summed E-state index contributed by atoms with van der Waals surface area (Å²) in [5, 5.41) is 2.04. The molecule has 6 heteroatoms. The second kappa shape index (κ2) is 17.4. The summed E-state index contributed by atoms with van der Waals surface area (Å²) in [6, 6.07) is 57.8. The van der Waals surface area contributed by atoms with E-state index in [-0.39, 0.29) is 42.8 Å². The van der Waals surface area contributed by atoms with E-state index >= 15 is 0 Å². The van der Waals surface area contributed by atoms with Crippen LogP contribution in [0.2, 0.25) is 0 Å². The van der Waals surface area contributed by atoms with Gasteiger partial charge in [0, 0.05) is 48.4 Å². The van der Waals surface area contributed by atoms with Crippen molar-refractivity contribution in [2.45, 2.75) is 85.0 Å². The predicted molar refractivity (Wildman–Crippen MR) is 269 cm³/mol. The van der Waals surface area contributed by atoms with E-state index in [4.69, 9.17) is 14.4 Å². The minimum absolute atomic E-state index is 0. The van der Waals surface area contributed by atoms with Gasteiger partial charge < -0.3 is 14.0 Å². The van der Waals surface area contributed by atoms with Crippen LogP contribution in [-0.2, 0) is 30.9 Å². The maximum atomic E-state index is 6.77. The molecule has 0 aliphatic heterocycles. The maximum absolute atomic E-state index is 6.77. The Labute approximate surface area is 402 Å². The van der Waals surface area contributed by atoms with E-state index in [9.17, 15) is 0 Å². The number of fused-ring (bicyclic) bond motifs is 7. The normalized spacial score (nSPS) is 12.9. The molecule has 66 heavy (non-hydrogen) atoms. The van der Waals surface area contributed by atoms with Crippen molar-refractivity contribution < 1.29 is 24.5 Å². The molecule has 0 saturated heterocycles. The topological polar surface area (TPSA) is 56.7 Å². The smallest absolute Gasteiger partial charge is 0.216 e. The van der Waals surface area contributed by atoms with Crippen LogP contribution in [0.4, 0.5) is 0 Å². The van der Waals surface area contributed by atoms with E-state index in [0.29, 0.717) is 5.71 Å². The first kappa shape index (κ1) is 44.7. The molecule has 4 aromatic heterocycles. The molecule has 6 aromatic carbocycles. The van der Waals surface area contributed by atoms with Crippen LogP contribution in [0.25, 0.3) is 83.8 Å². The summed E-state index contributed by atoms with van der Waals surface area (Å²) < 4.78 is 9.13. The quantitative estimate of drug-likeness (QED) is 0.156. The van der Waals surface area contributed by atoms with Crippen molar-refractivity contribution >= 4 is 33.1 Å². The molecule has 1 radical (unpaired) electrons. The third kappa shape index (κ3) is 7.80. The second-order valence-electron chi connectivity index (χ2n) is 19.5. The minimum atomic E-state index is -0.152. The van der Waals surface area contributed by atoms with Gasteiger partial charge in [-0.25, -0.2) is 4.98 Å².